The van der Waals surface area contributed by atoms with Crippen molar-refractivity contribution in [1.29, 1.82) is 0 Å². The number of pyridine rings is 2. The van der Waals surface area contributed by atoms with Gasteiger partial charge in [0.25, 0.3) is 0 Å². The van der Waals surface area contributed by atoms with Gasteiger partial charge in [0.05, 0.1) is 27.3 Å². The van der Waals surface area contributed by atoms with E-state index in [2.05, 4.69) is 31.2 Å². The first-order valence-electron chi connectivity index (χ1n) is 9.45. The van der Waals surface area contributed by atoms with Crippen molar-refractivity contribution < 1.29 is 18.4 Å². The predicted octanol–water partition coefficient (Wildman–Crippen LogP) is 4.58. The molecule has 3 aromatic rings. The van der Waals surface area contributed by atoms with Gasteiger partial charge in [-0.3, -0.25) is 14.6 Å². The SMILES string of the molecule is Cc1cc2c(c(F)n1)-c1cccnc1[C@@H](C)C(=O)N2CC(=O)Nc1ccc(Br)c(F)c1. The number of hydrogen-bond donors (Lipinski definition) is 1. The minimum atomic E-state index is -0.744. The predicted molar refractivity (Wildman–Crippen MR) is 116 cm³/mol. The molecule has 2 aromatic heterocycles. The van der Waals surface area contributed by atoms with Crippen molar-refractivity contribution in [1.82, 2.24) is 9.97 Å². The van der Waals surface area contributed by atoms with Crippen LogP contribution >= 0.6 is 15.9 Å². The molecule has 158 valence electrons. The molecule has 1 aromatic carbocycles. The van der Waals surface area contributed by atoms with Crippen molar-refractivity contribution in [3.8, 4) is 11.1 Å². The number of amides is 2. The Morgan fingerprint density at radius 3 is 2.77 bits per heavy atom. The molecule has 0 fully saturated rings. The number of fused-ring (bicyclic) bond motifs is 3. The maximum atomic E-state index is 15.0. The number of benzene rings is 1. The first kappa shape index (κ1) is 21.0. The Bertz CT molecular complexity index is 1220. The zero-order chi connectivity index (χ0) is 22.3. The van der Waals surface area contributed by atoms with Crippen LogP contribution in [0.5, 0.6) is 0 Å². The summed E-state index contributed by atoms with van der Waals surface area (Å²) in [6, 6.07) is 9.06. The molecular formula is C22H17BrF2N4O2. The van der Waals surface area contributed by atoms with Crippen LogP contribution in [0.15, 0.2) is 47.1 Å². The summed E-state index contributed by atoms with van der Waals surface area (Å²) in [5.41, 5.74) is 1.84. The summed E-state index contributed by atoms with van der Waals surface area (Å²) in [6.07, 6.45) is 1.53. The summed E-state index contributed by atoms with van der Waals surface area (Å²) in [5, 5.41) is 2.58. The number of rotatable bonds is 3. The molecule has 0 aliphatic carbocycles. The second-order valence-corrected chi connectivity index (χ2v) is 8.06. The van der Waals surface area contributed by atoms with Crippen LogP contribution in [-0.2, 0) is 9.59 Å². The van der Waals surface area contributed by atoms with Crippen molar-refractivity contribution in [2.24, 2.45) is 0 Å². The number of nitrogens with zero attached hydrogens (tertiary/aromatic N) is 3. The van der Waals surface area contributed by atoms with Crippen molar-refractivity contribution in [2.45, 2.75) is 19.8 Å². The monoisotopic (exact) mass is 486 g/mol. The number of nitrogens with one attached hydrogen (secondary N) is 1. The summed E-state index contributed by atoms with van der Waals surface area (Å²) in [5.74, 6) is -2.94. The number of hydrogen-bond acceptors (Lipinski definition) is 4. The zero-order valence-electron chi connectivity index (χ0n) is 16.6. The fourth-order valence-electron chi connectivity index (χ4n) is 3.61. The quantitative estimate of drug-likeness (QED) is 0.549. The Labute approximate surface area is 185 Å². The molecule has 1 N–H and O–H groups in total. The molecule has 0 bridgehead atoms. The fraction of sp³-hybridized carbons (Fsp3) is 0.182. The van der Waals surface area contributed by atoms with E-state index in [0.717, 1.165) is 6.07 Å². The minimum absolute atomic E-state index is 0.119. The van der Waals surface area contributed by atoms with E-state index in [4.69, 9.17) is 0 Å². The molecule has 1 aliphatic heterocycles. The molecule has 0 unspecified atom stereocenters. The molecule has 3 heterocycles. The van der Waals surface area contributed by atoms with E-state index in [-0.39, 0.29) is 28.0 Å². The number of anilines is 2. The Morgan fingerprint density at radius 1 is 1.26 bits per heavy atom. The largest absolute Gasteiger partial charge is 0.324 e. The first-order valence-corrected chi connectivity index (χ1v) is 10.2. The van der Waals surface area contributed by atoms with Crippen LogP contribution in [0, 0.1) is 18.7 Å². The minimum Gasteiger partial charge on any atom is -0.324 e. The Hall–Kier alpha value is -3.20. The van der Waals surface area contributed by atoms with Gasteiger partial charge in [-0.2, -0.15) is 4.39 Å². The second-order valence-electron chi connectivity index (χ2n) is 7.21. The smallest absolute Gasteiger partial charge is 0.244 e. The first-order chi connectivity index (χ1) is 14.8. The summed E-state index contributed by atoms with van der Waals surface area (Å²) in [4.78, 5) is 35.4. The summed E-state index contributed by atoms with van der Waals surface area (Å²) in [6.45, 7) is 2.88. The van der Waals surface area contributed by atoms with E-state index >= 15 is 0 Å². The normalized spacial score (nSPS) is 15.2. The lowest BCUT2D eigenvalue weighted by molar-refractivity contribution is -0.122. The highest BCUT2D eigenvalue weighted by atomic mass is 79.9. The van der Waals surface area contributed by atoms with Crippen LogP contribution in [0.25, 0.3) is 11.1 Å². The van der Waals surface area contributed by atoms with Crippen molar-refractivity contribution >= 4 is 39.1 Å². The maximum Gasteiger partial charge on any atom is 0.244 e. The molecule has 1 atom stereocenters. The van der Waals surface area contributed by atoms with E-state index in [1.165, 1.54) is 23.2 Å². The number of carbonyl (C=O) groups excluding carboxylic acids is 2. The van der Waals surface area contributed by atoms with E-state index in [0.29, 0.717) is 17.0 Å². The van der Waals surface area contributed by atoms with Gasteiger partial charge >= 0.3 is 0 Å². The molecule has 0 saturated carbocycles. The van der Waals surface area contributed by atoms with Crippen LogP contribution in [0.1, 0.15) is 24.2 Å². The van der Waals surface area contributed by atoms with E-state index in [9.17, 15) is 18.4 Å². The molecule has 0 saturated heterocycles. The summed E-state index contributed by atoms with van der Waals surface area (Å²) < 4.78 is 29.0. The van der Waals surface area contributed by atoms with Gasteiger partial charge in [0.15, 0.2) is 0 Å². The number of halogens is 3. The Balaban J connectivity index is 1.75. The van der Waals surface area contributed by atoms with Crippen LogP contribution in [0.4, 0.5) is 20.2 Å². The highest BCUT2D eigenvalue weighted by molar-refractivity contribution is 9.10. The van der Waals surface area contributed by atoms with Gasteiger partial charge in [0, 0.05) is 23.1 Å². The Kier molecular flexibility index (Phi) is 5.53. The topological polar surface area (TPSA) is 75.2 Å². The third kappa shape index (κ3) is 3.93. The van der Waals surface area contributed by atoms with Crippen molar-refractivity contribution in [3.63, 3.8) is 0 Å². The lowest BCUT2D eigenvalue weighted by Gasteiger charge is -2.24. The van der Waals surface area contributed by atoms with Crippen LogP contribution < -0.4 is 10.2 Å². The van der Waals surface area contributed by atoms with E-state index < -0.39 is 29.5 Å². The number of aryl methyl sites for hydroxylation is 1. The van der Waals surface area contributed by atoms with Crippen LogP contribution in [0.2, 0.25) is 0 Å². The van der Waals surface area contributed by atoms with Gasteiger partial charge in [0.1, 0.15) is 12.4 Å². The zero-order valence-corrected chi connectivity index (χ0v) is 18.2. The average molecular weight is 487 g/mol. The van der Waals surface area contributed by atoms with E-state index in [1.54, 1.807) is 32.0 Å². The van der Waals surface area contributed by atoms with Gasteiger partial charge in [-0.1, -0.05) is 6.07 Å². The summed E-state index contributed by atoms with van der Waals surface area (Å²) >= 11 is 3.06. The van der Waals surface area contributed by atoms with Crippen molar-refractivity contribution in [2.75, 3.05) is 16.8 Å². The third-order valence-electron chi connectivity index (χ3n) is 5.03. The van der Waals surface area contributed by atoms with E-state index in [1.807, 2.05) is 0 Å². The molecule has 2 amide bonds. The fourth-order valence-corrected chi connectivity index (χ4v) is 3.85. The van der Waals surface area contributed by atoms with Crippen LogP contribution in [-0.4, -0.2) is 28.3 Å². The summed E-state index contributed by atoms with van der Waals surface area (Å²) in [7, 11) is 0. The lowest BCUT2D eigenvalue weighted by atomic mass is 9.98. The molecule has 0 radical (unpaired) electrons. The average Bonchev–Trinajstić information content (AvgIpc) is 2.80. The number of aromatic nitrogens is 2. The molecule has 0 spiro atoms. The number of carbonyl (C=O) groups is 2. The molecule has 31 heavy (non-hydrogen) atoms. The molecule has 9 heteroatoms. The lowest BCUT2D eigenvalue weighted by Crippen LogP contribution is -2.40. The standard InChI is InChI=1S/C22H17BrF2N4O2/c1-11-8-17-19(21(25)27-11)14-4-3-7-26-20(14)12(2)22(31)29(17)10-18(30)28-13-5-6-15(23)16(24)9-13/h3-9,12H,10H2,1-2H3,(H,28,30)/t12-/m1/s1. The van der Waals surface area contributed by atoms with Gasteiger partial charge in [-0.25, -0.2) is 9.37 Å². The molecule has 1 aliphatic rings. The highest BCUT2D eigenvalue weighted by Crippen LogP contribution is 2.41. The molecular weight excluding hydrogens is 470 g/mol. The van der Waals surface area contributed by atoms with Gasteiger partial charge < -0.3 is 10.2 Å². The highest BCUT2D eigenvalue weighted by Gasteiger charge is 2.35. The second kappa shape index (κ2) is 8.14. The van der Waals surface area contributed by atoms with Crippen molar-refractivity contribution in [3.05, 3.63) is 70.2 Å². The molecule has 4 rings (SSSR count). The van der Waals surface area contributed by atoms with Gasteiger partial charge in [-0.15, -0.1) is 0 Å². The molecule has 6 nitrogen and oxygen atoms in total. The Morgan fingerprint density at radius 2 is 2.03 bits per heavy atom. The maximum absolute atomic E-state index is 15.0. The van der Waals surface area contributed by atoms with Gasteiger partial charge in [-0.05, 0) is 60.1 Å². The van der Waals surface area contributed by atoms with Gasteiger partial charge in [0.2, 0.25) is 17.8 Å². The third-order valence-corrected chi connectivity index (χ3v) is 5.68. The van der Waals surface area contributed by atoms with Crippen LogP contribution in [0.3, 0.4) is 0 Å².